The monoisotopic (exact) mass is 221 g/mol. The maximum atomic E-state index is 11.3. The minimum absolute atomic E-state index is 0.275. The molecule has 5 heteroatoms. The van der Waals surface area contributed by atoms with E-state index in [-0.39, 0.29) is 5.69 Å². The molecule has 1 aliphatic heterocycles. The van der Waals surface area contributed by atoms with Crippen LogP contribution < -0.4 is 0 Å². The van der Waals surface area contributed by atoms with E-state index in [1.807, 2.05) is 0 Å². The van der Waals surface area contributed by atoms with Crippen LogP contribution in [-0.2, 0) is 14.2 Å². The van der Waals surface area contributed by atoms with Crippen LogP contribution in [0.3, 0.4) is 0 Å². The molecule has 0 aliphatic carbocycles. The maximum Gasteiger partial charge on any atom is 0.356 e. The molecule has 0 aromatic carbocycles. The third-order valence-corrected chi connectivity index (χ3v) is 2.00. The Hall–Kier alpha value is -2.04. The van der Waals surface area contributed by atoms with Gasteiger partial charge in [0.25, 0.3) is 6.29 Å². The lowest BCUT2D eigenvalue weighted by molar-refractivity contribution is -0.0248. The molecule has 0 fully saturated rings. The van der Waals surface area contributed by atoms with Gasteiger partial charge in [0.2, 0.25) is 0 Å². The van der Waals surface area contributed by atoms with Gasteiger partial charge in [0.05, 0.1) is 12.2 Å². The van der Waals surface area contributed by atoms with Crippen molar-refractivity contribution in [3.8, 4) is 0 Å². The molecule has 0 amide bonds. The van der Waals surface area contributed by atoms with Crippen molar-refractivity contribution < 1.29 is 19.0 Å². The molecule has 1 aromatic heterocycles. The minimum Gasteiger partial charge on any atom is -0.461 e. The van der Waals surface area contributed by atoms with Crippen molar-refractivity contribution in [2.24, 2.45) is 0 Å². The van der Waals surface area contributed by atoms with Crippen LogP contribution in [0.4, 0.5) is 0 Å². The summed E-state index contributed by atoms with van der Waals surface area (Å²) in [6.45, 7) is 2.08. The van der Waals surface area contributed by atoms with Crippen LogP contribution in [0.2, 0.25) is 0 Å². The van der Waals surface area contributed by atoms with Crippen molar-refractivity contribution in [3.63, 3.8) is 0 Å². The molecule has 0 radical (unpaired) electrons. The van der Waals surface area contributed by atoms with Gasteiger partial charge < -0.3 is 14.2 Å². The topological polar surface area (TPSA) is 57.7 Å². The number of carbonyl (C=O) groups excluding carboxylic acids is 1. The molecule has 0 N–H and O–H groups in total. The van der Waals surface area contributed by atoms with Gasteiger partial charge in [0.1, 0.15) is 18.2 Å². The third-order valence-electron chi connectivity index (χ3n) is 2.00. The molecule has 0 atom stereocenters. The summed E-state index contributed by atoms with van der Waals surface area (Å²) < 4.78 is 15.1. The molecular formula is C11H11NO4. The highest BCUT2D eigenvalue weighted by Gasteiger charge is 2.16. The fourth-order valence-electron chi connectivity index (χ4n) is 1.27. The number of carbonyl (C=O) groups is 1. The molecule has 1 aliphatic rings. The molecule has 2 rings (SSSR count). The highest BCUT2D eigenvalue weighted by Crippen LogP contribution is 2.23. The molecule has 1 aromatic rings. The smallest absolute Gasteiger partial charge is 0.356 e. The predicted molar refractivity (Wildman–Crippen MR) is 54.2 cm³/mol. The Morgan fingerprint density at radius 1 is 1.44 bits per heavy atom. The lowest BCUT2D eigenvalue weighted by Crippen LogP contribution is -2.08. The van der Waals surface area contributed by atoms with Gasteiger partial charge in [-0.1, -0.05) is 0 Å². The van der Waals surface area contributed by atoms with E-state index < -0.39 is 12.3 Å². The number of nitrogens with zero attached hydrogens (tertiary/aromatic N) is 1. The fraction of sp³-hybridized carbons (Fsp3) is 0.273. The molecule has 0 saturated heterocycles. The highest BCUT2D eigenvalue weighted by atomic mass is 16.7. The van der Waals surface area contributed by atoms with Crippen LogP contribution >= 0.6 is 0 Å². The summed E-state index contributed by atoms with van der Waals surface area (Å²) in [5, 5.41) is 0. The van der Waals surface area contributed by atoms with Crippen molar-refractivity contribution in [2.75, 3.05) is 6.61 Å². The van der Waals surface area contributed by atoms with Crippen molar-refractivity contribution >= 4 is 5.97 Å². The Labute approximate surface area is 92.6 Å². The second-order valence-electron chi connectivity index (χ2n) is 3.07. The number of ether oxygens (including phenoxy) is 3. The van der Waals surface area contributed by atoms with Crippen molar-refractivity contribution in [3.05, 3.63) is 42.1 Å². The van der Waals surface area contributed by atoms with Gasteiger partial charge in [-0.15, -0.1) is 0 Å². The van der Waals surface area contributed by atoms with E-state index in [0.29, 0.717) is 6.61 Å². The van der Waals surface area contributed by atoms with E-state index in [2.05, 4.69) is 4.98 Å². The zero-order valence-electron chi connectivity index (χ0n) is 8.75. The van der Waals surface area contributed by atoms with Crippen LogP contribution in [0.5, 0.6) is 0 Å². The summed E-state index contributed by atoms with van der Waals surface area (Å²) >= 11 is 0. The summed E-state index contributed by atoms with van der Waals surface area (Å²) in [6.07, 6.45) is 3.99. The van der Waals surface area contributed by atoms with E-state index in [0.717, 1.165) is 5.56 Å². The number of rotatable bonds is 3. The molecule has 0 bridgehead atoms. The van der Waals surface area contributed by atoms with Crippen LogP contribution in [0.15, 0.2) is 30.9 Å². The van der Waals surface area contributed by atoms with Crippen molar-refractivity contribution in [2.45, 2.75) is 13.2 Å². The summed E-state index contributed by atoms with van der Waals surface area (Å²) in [6, 6.07) is 3.30. The van der Waals surface area contributed by atoms with Crippen molar-refractivity contribution in [1.29, 1.82) is 0 Å². The number of esters is 1. The lowest BCUT2D eigenvalue weighted by Gasteiger charge is -2.09. The highest BCUT2D eigenvalue weighted by molar-refractivity contribution is 5.87. The van der Waals surface area contributed by atoms with E-state index in [1.54, 1.807) is 19.1 Å². The largest absolute Gasteiger partial charge is 0.461 e. The number of aromatic nitrogens is 1. The van der Waals surface area contributed by atoms with Gasteiger partial charge in [-0.25, -0.2) is 9.78 Å². The van der Waals surface area contributed by atoms with E-state index in [1.165, 1.54) is 18.7 Å². The Balaban J connectivity index is 2.07. The molecule has 5 nitrogen and oxygen atoms in total. The van der Waals surface area contributed by atoms with Gasteiger partial charge in [0, 0.05) is 6.20 Å². The first kappa shape index (κ1) is 10.5. The zero-order chi connectivity index (χ0) is 11.4. The van der Waals surface area contributed by atoms with Crippen LogP contribution in [0.25, 0.3) is 0 Å². The molecule has 0 spiro atoms. The molecule has 2 heterocycles. The Bertz CT molecular complexity index is 391. The van der Waals surface area contributed by atoms with Gasteiger partial charge >= 0.3 is 5.97 Å². The zero-order valence-corrected chi connectivity index (χ0v) is 8.75. The Kier molecular flexibility index (Phi) is 3.05. The maximum absolute atomic E-state index is 11.3. The number of hydrogen-bond acceptors (Lipinski definition) is 5. The third kappa shape index (κ3) is 2.13. The first-order valence-corrected chi connectivity index (χ1v) is 4.90. The molecule has 0 unspecified atom stereocenters. The van der Waals surface area contributed by atoms with Gasteiger partial charge in [-0.3, -0.25) is 0 Å². The SMILES string of the molecule is CCOC(=O)c1ccc(C2OC=CO2)cn1. The average molecular weight is 221 g/mol. The fourth-order valence-corrected chi connectivity index (χ4v) is 1.27. The van der Waals surface area contributed by atoms with Crippen LogP contribution in [0.1, 0.15) is 29.3 Å². The van der Waals surface area contributed by atoms with E-state index in [9.17, 15) is 4.79 Å². The average Bonchev–Trinajstić information content (AvgIpc) is 2.83. The Morgan fingerprint density at radius 2 is 2.19 bits per heavy atom. The Morgan fingerprint density at radius 3 is 2.75 bits per heavy atom. The summed E-state index contributed by atoms with van der Waals surface area (Å²) in [4.78, 5) is 15.3. The van der Waals surface area contributed by atoms with Gasteiger partial charge in [0.15, 0.2) is 0 Å². The minimum atomic E-state index is -0.469. The number of hydrogen-bond donors (Lipinski definition) is 0. The van der Waals surface area contributed by atoms with E-state index in [4.69, 9.17) is 14.2 Å². The summed E-state index contributed by atoms with van der Waals surface area (Å²) in [7, 11) is 0. The summed E-state index contributed by atoms with van der Waals surface area (Å²) in [5.74, 6) is -0.430. The van der Waals surface area contributed by atoms with Gasteiger partial charge in [-0.2, -0.15) is 0 Å². The van der Waals surface area contributed by atoms with E-state index >= 15 is 0 Å². The first-order valence-electron chi connectivity index (χ1n) is 4.90. The second-order valence-corrected chi connectivity index (χ2v) is 3.07. The normalized spacial score (nSPS) is 14.3. The quantitative estimate of drug-likeness (QED) is 0.728. The molecule has 0 saturated carbocycles. The first-order chi connectivity index (χ1) is 7.81. The standard InChI is InChI=1S/C11H11NO4/c1-2-14-10(13)9-4-3-8(7-12-9)11-15-5-6-16-11/h3-7,11H,2H2,1H3. The van der Waals surface area contributed by atoms with Crippen molar-refractivity contribution in [1.82, 2.24) is 4.98 Å². The lowest BCUT2D eigenvalue weighted by atomic mass is 10.2. The molecule has 16 heavy (non-hydrogen) atoms. The number of pyridine rings is 1. The van der Waals surface area contributed by atoms with Gasteiger partial charge in [-0.05, 0) is 19.1 Å². The van der Waals surface area contributed by atoms with Crippen LogP contribution in [0, 0.1) is 0 Å². The molecule has 84 valence electrons. The van der Waals surface area contributed by atoms with Crippen LogP contribution in [-0.4, -0.2) is 17.6 Å². The molecular weight excluding hydrogens is 210 g/mol. The second kappa shape index (κ2) is 4.65. The predicted octanol–water partition coefficient (Wildman–Crippen LogP) is 1.77. The summed E-state index contributed by atoms with van der Waals surface area (Å²) in [5.41, 5.74) is 1.02.